The summed E-state index contributed by atoms with van der Waals surface area (Å²) < 4.78 is 24.2. The lowest BCUT2D eigenvalue weighted by atomic mass is 9.79. The van der Waals surface area contributed by atoms with Crippen LogP contribution in [0.15, 0.2) is 39.1 Å². The van der Waals surface area contributed by atoms with E-state index in [1.165, 1.54) is 31.9 Å². The minimum atomic E-state index is -3.13. The number of halogens is 1. The van der Waals surface area contributed by atoms with Gasteiger partial charge in [-0.1, -0.05) is 0 Å². The molecular weight excluding hydrogens is 458 g/mol. The molecule has 0 radical (unpaired) electrons. The molecule has 4 rings (SSSR count). The van der Waals surface area contributed by atoms with Gasteiger partial charge in [0.05, 0.1) is 4.90 Å². The van der Waals surface area contributed by atoms with E-state index in [4.69, 9.17) is 0 Å². The smallest absolute Gasteiger partial charge is 0.186 e. The quantitative estimate of drug-likeness (QED) is 0.642. The predicted molar refractivity (Wildman–Crippen MR) is 119 cm³/mol. The van der Waals surface area contributed by atoms with E-state index in [2.05, 4.69) is 36.1 Å². The molecule has 0 N–H and O–H groups in total. The molecule has 2 aliphatic rings. The second-order valence-electron chi connectivity index (χ2n) is 7.87. The lowest BCUT2D eigenvalue weighted by Crippen LogP contribution is -2.40. The highest BCUT2D eigenvalue weighted by molar-refractivity contribution is 9.10. The summed E-state index contributed by atoms with van der Waals surface area (Å²) in [7, 11) is -3.13. The van der Waals surface area contributed by atoms with E-state index in [1.807, 2.05) is 12.1 Å². The Bertz CT molecular complexity index is 898. The summed E-state index contributed by atoms with van der Waals surface area (Å²) in [6, 6.07) is 7.34. The van der Waals surface area contributed by atoms with Crippen molar-refractivity contribution >= 4 is 47.9 Å². The fourth-order valence-electron chi connectivity index (χ4n) is 4.49. The largest absolute Gasteiger partial charge is 0.372 e. The van der Waals surface area contributed by atoms with Gasteiger partial charge in [-0.3, -0.25) is 0 Å². The van der Waals surface area contributed by atoms with Gasteiger partial charge in [0.1, 0.15) is 4.60 Å². The van der Waals surface area contributed by atoms with Crippen molar-refractivity contribution in [2.24, 2.45) is 11.8 Å². The molecule has 1 aromatic heterocycles. The Morgan fingerprint density at radius 1 is 0.964 bits per heavy atom. The summed E-state index contributed by atoms with van der Waals surface area (Å²) in [5, 5.41) is 3.19. The fraction of sp³-hybridized carbons (Fsp3) is 0.550. The molecular formula is C20H26BrN3O2S2. The topological polar surface area (TPSA) is 53.5 Å². The van der Waals surface area contributed by atoms with Gasteiger partial charge in [-0.25, -0.2) is 13.4 Å². The highest BCUT2D eigenvalue weighted by Gasteiger charge is 2.30. The molecule has 2 aliphatic heterocycles. The Labute approximate surface area is 179 Å². The molecule has 0 bridgehead atoms. The molecule has 8 heteroatoms. The number of aromatic nitrogens is 1. The second kappa shape index (κ2) is 8.32. The van der Waals surface area contributed by atoms with E-state index >= 15 is 0 Å². The molecule has 2 aromatic rings. The van der Waals surface area contributed by atoms with Crippen LogP contribution in [0.25, 0.3) is 0 Å². The van der Waals surface area contributed by atoms with E-state index in [0.29, 0.717) is 4.90 Å². The first-order valence-electron chi connectivity index (χ1n) is 9.81. The minimum Gasteiger partial charge on any atom is -0.372 e. The van der Waals surface area contributed by atoms with Gasteiger partial charge < -0.3 is 9.80 Å². The highest BCUT2D eigenvalue weighted by Crippen LogP contribution is 2.36. The van der Waals surface area contributed by atoms with Gasteiger partial charge in [0, 0.05) is 43.5 Å². The summed E-state index contributed by atoms with van der Waals surface area (Å²) >= 11 is 5.17. The number of sulfone groups is 1. The van der Waals surface area contributed by atoms with Gasteiger partial charge in [0.25, 0.3) is 0 Å². The number of rotatable bonds is 4. The van der Waals surface area contributed by atoms with Crippen molar-refractivity contribution in [2.45, 2.75) is 30.6 Å². The van der Waals surface area contributed by atoms with Crippen molar-refractivity contribution in [3.05, 3.63) is 34.2 Å². The number of benzene rings is 1. The SMILES string of the molecule is CS(=O)(=O)c1ccc(N2CCC(C3CCN(c4nc(Br)cs4)CC3)CC2)cc1. The van der Waals surface area contributed by atoms with Gasteiger partial charge in [-0.05, 0) is 77.7 Å². The maximum atomic E-state index is 11.6. The van der Waals surface area contributed by atoms with Gasteiger partial charge in [0.2, 0.25) is 0 Å². The van der Waals surface area contributed by atoms with Crippen molar-refractivity contribution in [3.8, 4) is 0 Å². The molecule has 1 aromatic carbocycles. The van der Waals surface area contributed by atoms with Crippen LogP contribution >= 0.6 is 27.3 Å². The first-order valence-corrected chi connectivity index (χ1v) is 13.4. The van der Waals surface area contributed by atoms with Crippen molar-refractivity contribution < 1.29 is 8.42 Å². The summed E-state index contributed by atoms with van der Waals surface area (Å²) in [5.74, 6) is 1.62. The third-order valence-electron chi connectivity index (χ3n) is 6.11. The van der Waals surface area contributed by atoms with Gasteiger partial charge in [-0.2, -0.15) is 0 Å². The highest BCUT2D eigenvalue weighted by atomic mass is 79.9. The van der Waals surface area contributed by atoms with Gasteiger partial charge in [-0.15, -0.1) is 11.3 Å². The summed E-state index contributed by atoms with van der Waals surface area (Å²) in [6.07, 6.45) is 6.21. The lowest BCUT2D eigenvalue weighted by Gasteiger charge is -2.40. The van der Waals surface area contributed by atoms with Crippen LogP contribution in [0.4, 0.5) is 10.8 Å². The minimum absolute atomic E-state index is 0.394. The molecule has 2 fully saturated rings. The van der Waals surface area contributed by atoms with E-state index in [9.17, 15) is 8.42 Å². The van der Waals surface area contributed by atoms with E-state index in [-0.39, 0.29) is 0 Å². The number of piperidine rings is 2. The first kappa shape index (κ1) is 20.2. The molecule has 0 unspecified atom stereocenters. The summed E-state index contributed by atoms with van der Waals surface area (Å²) in [6.45, 7) is 4.33. The molecule has 0 spiro atoms. The van der Waals surface area contributed by atoms with Crippen molar-refractivity contribution in [2.75, 3.05) is 42.2 Å². The zero-order valence-electron chi connectivity index (χ0n) is 16.1. The summed E-state index contributed by atoms with van der Waals surface area (Å²) in [4.78, 5) is 9.76. The third kappa shape index (κ3) is 4.54. The monoisotopic (exact) mass is 483 g/mol. The average molecular weight is 484 g/mol. The Morgan fingerprint density at radius 3 is 1.96 bits per heavy atom. The third-order valence-corrected chi connectivity index (χ3v) is 8.85. The Hall–Kier alpha value is -1.12. The Balaban J connectivity index is 1.29. The molecule has 152 valence electrons. The molecule has 0 amide bonds. The zero-order valence-corrected chi connectivity index (χ0v) is 19.3. The van der Waals surface area contributed by atoms with Crippen LogP contribution in [0, 0.1) is 11.8 Å². The van der Waals surface area contributed by atoms with Gasteiger partial charge >= 0.3 is 0 Å². The van der Waals surface area contributed by atoms with Crippen molar-refractivity contribution in [3.63, 3.8) is 0 Å². The predicted octanol–water partition coefficient (Wildman–Crippen LogP) is 4.44. The number of thiazole rings is 1. The molecule has 5 nitrogen and oxygen atoms in total. The lowest BCUT2D eigenvalue weighted by molar-refractivity contribution is 0.233. The number of hydrogen-bond acceptors (Lipinski definition) is 6. The normalized spacial score (nSPS) is 19.9. The van der Waals surface area contributed by atoms with Crippen LogP contribution in [0.3, 0.4) is 0 Å². The average Bonchev–Trinajstić information content (AvgIpc) is 3.14. The van der Waals surface area contributed by atoms with Crippen LogP contribution in [0.1, 0.15) is 25.7 Å². The maximum absolute atomic E-state index is 11.6. The van der Waals surface area contributed by atoms with E-state index in [1.54, 1.807) is 23.5 Å². The van der Waals surface area contributed by atoms with Crippen LogP contribution < -0.4 is 9.80 Å². The number of hydrogen-bond donors (Lipinski definition) is 0. The second-order valence-corrected chi connectivity index (χ2v) is 11.5. The molecule has 3 heterocycles. The van der Waals surface area contributed by atoms with Gasteiger partial charge in [0.15, 0.2) is 15.0 Å². The first-order chi connectivity index (χ1) is 13.4. The Morgan fingerprint density at radius 2 is 1.50 bits per heavy atom. The van der Waals surface area contributed by atoms with Crippen molar-refractivity contribution in [1.29, 1.82) is 0 Å². The molecule has 28 heavy (non-hydrogen) atoms. The molecule has 0 aliphatic carbocycles. The van der Waals surface area contributed by atoms with E-state index < -0.39 is 9.84 Å². The zero-order chi connectivity index (χ0) is 19.7. The molecule has 0 saturated carbocycles. The van der Waals surface area contributed by atoms with Crippen LogP contribution in [0.2, 0.25) is 0 Å². The standard InChI is InChI=1S/C20H26BrN3O2S2/c1-28(25,26)18-4-2-17(3-5-18)23-10-6-15(7-11-23)16-8-12-24(13-9-16)20-22-19(21)14-27-20/h2-5,14-16H,6-13H2,1H3. The number of anilines is 2. The maximum Gasteiger partial charge on any atom is 0.186 e. The Kier molecular flexibility index (Phi) is 5.99. The molecule has 0 atom stereocenters. The van der Waals surface area contributed by atoms with Crippen LogP contribution in [-0.4, -0.2) is 45.8 Å². The van der Waals surface area contributed by atoms with Crippen LogP contribution in [-0.2, 0) is 9.84 Å². The number of nitrogens with zero attached hydrogens (tertiary/aromatic N) is 3. The summed E-state index contributed by atoms with van der Waals surface area (Å²) in [5.41, 5.74) is 1.13. The molecule has 2 saturated heterocycles. The fourth-order valence-corrected chi connectivity index (χ4v) is 6.42. The van der Waals surface area contributed by atoms with Crippen LogP contribution in [0.5, 0.6) is 0 Å². The van der Waals surface area contributed by atoms with E-state index in [0.717, 1.165) is 53.4 Å². The van der Waals surface area contributed by atoms with Crippen molar-refractivity contribution in [1.82, 2.24) is 4.98 Å².